The summed E-state index contributed by atoms with van der Waals surface area (Å²) in [7, 11) is 0. The van der Waals surface area contributed by atoms with Gasteiger partial charge < -0.3 is 15.0 Å². The highest BCUT2D eigenvalue weighted by molar-refractivity contribution is 7.20. The topological polar surface area (TPSA) is 71.8 Å². The molecule has 0 radical (unpaired) electrons. The van der Waals surface area contributed by atoms with Gasteiger partial charge in [-0.25, -0.2) is 4.98 Å². The first-order valence-corrected chi connectivity index (χ1v) is 9.80. The molecule has 3 aromatic rings. The molecule has 0 bridgehead atoms. The summed E-state index contributed by atoms with van der Waals surface area (Å²) in [4.78, 5) is 19.1. The Kier molecular flexibility index (Phi) is 5.12. The molecule has 1 fully saturated rings. The Morgan fingerprint density at radius 2 is 2.21 bits per heavy atom. The Hall–Kier alpha value is -2.75. The number of aromatic nitrogens is 3. The lowest BCUT2D eigenvalue weighted by Gasteiger charge is -2.21. The van der Waals surface area contributed by atoms with Gasteiger partial charge in [-0.2, -0.15) is 13.3 Å². The van der Waals surface area contributed by atoms with Gasteiger partial charge >= 0.3 is 6.61 Å². The van der Waals surface area contributed by atoms with Crippen LogP contribution in [0, 0.1) is 0 Å². The first-order chi connectivity index (χ1) is 13.5. The van der Waals surface area contributed by atoms with Crippen molar-refractivity contribution in [3.8, 4) is 5.75 Å². The second-order valence-electron chi connectivity index (χ2n) is 6.46. The van der Waals surface area contributed by atoms with Gasteiger partial charge in [-0.3, -0.25) is 4.79 Å². The van der Waals surface area contributed by atoms with Gasteiger partial charge in [-0.1, -0.05) is 30.4 Å². The Morgan fingerprint density at radius 3 is 3.00 bits per heavy atom. The minimum absolute atomic E-state index is 0.0708. The molecule has 0 aliphatic carbocycles. The van der Waals surface area contributed by atoms with E-state index in [1.807, 2.05) is 11.8 Å². The van der Waals surface area contributed by atoms with E-state index in [1.54, 1.807) is 24.3 Å². The molecule has 1 N–H and O–H groups in total. The van der Waals surface area contributed by atoms with E-state index in [-0.39, 0.29) is 17.4 Å². The fourth-order valence-electron chi connectivity index (χ4n) is 3.28. The van der Waals surface area contributed by atoms with E-state index >= 15 is 0 Å². The van der Waals surface area contributed by atoms with Crippen LogP contribution in [0.1, 0.15) is 19.0 Å². The average molecular weight is 407 g/mol. The molecule has 1 aliphatic heterocycles. The molecule has 2 aromatic heterocycles. The van der Waals surface area contributed by atoms with Crippen LogP contribution in [-0.2, 0) is 6.42 Å². The molecular formula is C18H19F2N5O2S. The number of rotatable bonds is 6. The molecule has 28 heavy (non-hydrogen) atoms. The predicted molar refractivity (Wildman–Crippen MR) is 104 cm³/mol. The van der Waals surface area contributed by atoms with Gasteiger partial charge in [0.05, 0.1) is 5.69 Å². The van der Waals surface area contributed by atoms with E-state index in [1.165, 1.54) is 21.9 Å². The molecule has 10 heteroatoms. The van der Waals surface area contributed by atoms with Gasteiger partial charge in [-0.15, -0.1) is 5.10 Å². The van der Waals surface area contributed by atoms with Gasteiger partial charge in [0.1, 0.15) is 5.75 Å². The molecular weight excluding hydrogens is 388 g/mol. The number of para-hydroxylation sites is 2. The van der Waals surface area contributed by atoms with Crippen LogP contribution < -0.4 is 20.5 Å². The summed E-state index contributed by atoms with van der Waals surface area (Å²) in [6.45, 7) is 0.396. The molecule has 1 saturated heterocycles. The fourth-order valence-corrected chi connectivity index (χ4v) is 4.18. The van der Waals surface area contributed by atoms with Gasteiger partial charge in [-0.05, 0) is 25.0 Å². The van der Waals surface area contributed by atoms with Crippen molar-refractivity contribution in [2.75, 3.05) is 23.3 Å². The van der Waals surface area contributed by atoms with E-state index in [9.17, 15) is 13.6 Å². The van der Waals surface area contributed by atoms with Crippen molar-refractivity contribution in [2.45, 2.75) is 32.4 Å². The van der Waals surface area contributed by atoms with Crippen LogP contribution in [0.5, 0.6) is 5.75 Å². The number of nitrogens with zero attached hydrogens (tertiary/aromatic N) is 4. The maximum Gasteiger partial charge on any atom is 0.387 e. The normalized spacial score (nSPS) is 16.9. The van der Waals surface area contributed by atoms with Crippen molar-refractivity contribution in [2.24, 2.45) is 0 Å². The smallest absolute Gasteiger partial charge is 0.387 e. The molecule has 3 heterocycles. The van der Waals surface area contributed by atoms with Gasteiger partial charge in [0, 0.05) is 30.9 Å². The highest BCUT2D eigenvalue weighted by Gasteiger charge is 2.26. The second kappa shape index (κ2) is 7.70. The largest absolute Gasteiger partial charge is 0.433 e. The number of benzene rings is 1. The average Bonchev–Trinajstić information content (AvgIpc) is 3.29. The van der Waals surface area contributed by atoms with Crippen molar-refractivity contribution in [1.29, 1.82) is 0 Å². The summed E-state index contributed by atoms with van der Waals surface area (Å²) in [5.41, 5.74) is 1.18. The Labute approximate surface area is 163 Å². The van der Waals surface area contributed by atoms with Crippen LogP contribution in [0.2, 0.25) is 0 Å². The van der Waals surface area contributed by atoms with Crippen molar-refractivity contribution in [1.82, 2.24) is 14.6 Å². The third kappa shape index (κ3) is 3.77. The zero-order valence-electron chi connectivity index (χ0n) is 15.1. The lowest BCUT2D eigenvalue weighted by Crippen LogP contribution is -2.26. The number of alkyl halides is 2. The Balaban J connectivity index is 1.49. The van der Waals surface area contributed by atoms with Crippen LogP contribution in [0.3, 0.4) is 0 Å². The highest BCUT2D eigenvalue weighted by Crippen LogP contribution is 2.32. The van der Waals surface area contributed by atoms with Crippen LogP contribution in [0.15, 0.2) is 35.1 Å². The lowest BCUT2D eigenvalue weighted by atomic mass is 10.2. The van der Waals surface area contributed by atoms with E-state index in [4.69, 9.17) is 0 Å². The van der Waals surface area contributed by atoms with Crippen molar-refractivity contribution in [3.05, 3.63) is 46.4 Å². The van der Waals surface area contributed by atoms with Crippen molar-refractivity contribution >= 4 is 27.1 Å². The zero-order valence-corrected chi connectivity index (χ0v) is 16.0. The molecule has 7 nitrogen and oxygen atoms in total. The Morgan fingerprint density at radius 1 is 1.39 bits per heavy atom. The van der Waals surface area contributed by atoms with E-state index in [0.717, 1.165) is 12.1 Å². The Bertz CT molecular complexity index is 1040. The fraction of sp³-hybridized carbons (Fsp3) is 0.389. The molecule has 1 aliphatic rings. The second-order valence-corrected chi connectivity index (χ2v) is 7.42. The molecule has 1 atom stereocenters. The molecule has 0 saturated carbocycles. The van der Waals surface area contributed by atoms with Gasteiger partial charge in [0.15, 0.2) is 0 Å². The van der Waals surface area contributed by atoms with E-state index in [2.05, 4.69) is 20.1 Å². The SMILES string of the molecule is CCc1cc(=O)n2nc(NC3CCN(c4ccccc4OC(F)F)C3)sc2n1. The number of aryl methyl sites for hydroxylation is 1. The first-order valence-electron chi connectivity index (χ1n) is 8.98. The van der Waals surface area contributed by atoms with E-state index in [0.29, 0.717) is 35.3 Å². The van der Waals surface area contributed by atoms with Gasteiger partial charge in [0.25, 0.3) is 5.56 Å². The number of hydrogen-bond donors (Lipinski definition) is 1. The molecule has 148 valence electrons. The number of halogens is 2. The zero-order chi connectivity index (χ0) is 19.7. The first kappa shape index (κ1) is 18.6. The molecule has 4 rings (SSSR count). The molecule has 1 unspecified atom stereocenters. The van der Waals surface area contributed by atoms with Crippen LogP contribution in [0.25, 0.3) is 4.96 Å². The summed E-state index contributed by atoms with van der Waals surface area (Å²) in [6, 6.07) is 8.34. The number of hydrogen-bond acceptors (Lipinski definition) is 7. The minimum atomic E-state index is -2.86. The molecule has 0 amide bonds. The molecule has 1 aromatic carbocycles. The summed E-state index contributed by atoms with van der Waals surface area (Å²) in [5, 5.41) is 8.26. The highest BCUT2D eigenvalue weighted by atomic mass is 32.1. The standard InChI is InChI=1S/C18H19F2N5O2S/c1-2-11-9-15(26)25-18(22-11)28-17(23-25)21-12-7-8-24(10-12)13-5-3-4-6-14(13)27-16(19)20/h3-6,9,12,16H,2,7-8,10H2,1H3,(H,21,23). The molecule has 0 spiro atoms. The van der Waals surface area contributed by atoms with Crippen molar-refractivity contribution in [3.63, 3.8) is 0 Å². The summed E-state index contributed by atoms with van der Waals surface area (Å²) < 4.78 is 31.2. The van der Waals surface area contributed by atoms with Crippen LogP contribution in [0.4, 0.5) is 19.6 Å². The minimum Gasteiger partial charge on any atom is -0.433 e. The summed E-state index contributed by atoms with van der Waals surface area (Å²) in [6.07, 6.45) is 1.49. The summed E-state index contributed by atoms with van der Waals surface area (Å²) in [5.74, 6) is 0.168. The van der Waals surface area contributed by atoms with Crippen molar-refractivity contribution < 1.29 is 13.5 Å². The van der Waals surface area contributed by atoms with Gasteiger partial charge in [0.2, 0.25) is 10.1 Å². The monoisotopic (exact) mass is 407 g/mol. The number of nitrogens with one attached hydrogen (secondary N) is 1. The van der Waals surface area contributed by atoms with Crippen LogP contribution in [-0.4, -0.2) is 40.3 Å². The maximum atomic E-state index is 12.6. The quantitative estimate of drug-likeness (QED) is 0.677. The number of anilines is 2. The third-order valence-corrected chi connectivity index (χ3v) is 5.44. The number of fused-ring (bicyclic) bond motifs is 1. The number of ether oxygens (including phenoxy) is 1. The maximum absolute atomic E-state index is 12.6. The lowest BCUT2D eigenvalue weighted by molar-refractivity contribution is -0.0495. The third-order valence-electron chi connectivity index (χ3n) is 4.60. The van der Waals surface area contributed by atoms with E-state index < -0.39 is 6.61 Å². The van der Waals surface area contributed by atoms with Crippen LogP contribution >= 0.6 is 11.3 Å². The summed E-state index contributed by atoms with van der Waals surface area (Å²) >= 11 is 1.32. The predicted octanol–water partition coefficient (Wildman–Crippen LogP) is 3.01.